The molecule has 1 amide bonds. The highest BCUT2D eigenvalue weighted by Crippen LogP contribution is 2.00. The number of hydrogen-bond donors (Lipinski definition) is 3. The van der Waals surface area contributed by atoms with E-state index in [4.69, 9.17) is 14.9 Å². The van der Waals surface area contributed by atoms with E-state index in [1.165, 1.54) is 18.9 Å². The molecule has 3 N–H and O–H groups in total. The third-order valence-corrected chi connectivity index (χ3v) is 2.60. The van der Waals surface area contributed by atoms with Gasteiger partial charge >= 0.3 is 11.9 Å². The van der Waals surface area contributed by atoms with Gasteiger partial charge in [-0.25, -0.2) is 4.79 Å². The number of carbonyl (C=O) groups is 3. The maximum atomic E-state index is 11.3. The fourth-order valence-electron chi connectivity index (χ4n) is 0.918. The van der Waals surface area contributed by atoms with E-state index in [2.05, 4.69) is 5.32 Å². The van der Waals surface area contributed by atoms with Gasteiger partial charge in [-0.3, -0.25) is 9.59 Å². The largest absolute Gasteiger partial charge is 0.481 e. The van der Waals surface area contributed by atoms with Crippen LogP contribution in [0.15, 0.2) is 0 Å². The Morgan fingerprint density at radius 2 is 2.00 bits per heavy atom. The second-order valence-corrected chi connectivity index (χ2v) is 4.21. The normalized spacial score (nSPS) is 11.8. The topological polar surface area (TPSA) is 113 Å². The van der Waals surface area contributed by atoms with Crippen LogP contribution in [0.25, 0.3) is 0 Å². The van der Waals surface area contributed by atoms with Crippen molar-refractivity contribution in [3.05, 3.63) is 0 Å². The van der Waals surface area contributed by atoms with E-state index in [9.17, 15) is 14.4 Å². The molecule has 7 nitrogen and oxygen atoms in total. The average molecular weight is 265 g/mol. The number of aliphatic carboxylic acids is 2. The zero-order valence-corrected chi connectivity index (χ0v) is 10.2. The van der Waals surface area contributed by atoms with Crippen LogP contribution in [0, 0.1) is 0 Å². The second-order valence-electron chi connectivity index (χ2n) is 3.10. The van der Waals surface area contributed by atoms with Crippen molar-refractivity contribution < 1.29 is 29.3 Å². The molecule has 17 heavy (non-hydrogen) atoms. The molecule has 0 aromatic heterocycles. The summed E-state index contributed by atoms with van der Waals surface area (Å²) in [5.74, 6) is -2.44. The van der Waals surface area contributed by atoms with Crippen LogP contribution < -0.4 is 5.32 Å². The minimum absolute atomic E-state index is 0.0761. The van der Waals surface area contributed by atoms with Gasteiger partial charge in [-0.2, -0.15) is 0 Å². The number of hydrogen-bond acceptors (Lipinski definition) is 5. The van der Waals surface area contributed by atoms with Crippen molar-refractivity contribution in [1.82, 2.24) is 5.32 Å². The highest BCUT2D eigenvalue weighted by atomic mass is 32.2. The first-order valence-corrected chi connectivity index (χ1v) is 5.93. The number of ether oxygens (including phenoxy) is 1. The smallest absolute Gasteiger partial charge is 0.326 e. The molecule has 0 saturated heterocycles. The van der Waals surface area contributed by atoms with E-state index in [0.717, 1.165) is 0 Å². The second kappa shape index (κ2) is 8.82. The quantitative estimate of drug-likeness (QED) is 0.477. The molecule has 0 saturated carbocycles. The highest BCUT2D eigenvalue weighted by molar-refractivity contribution is 7.99. The molecule has 0 aliphatic heterocycles. The zero-order valence-electron chi connectivity index (χ0n) is 9.34. The Morgan fingerprint density at radius 1 is 1.35 bits per heavy atom. The maximum absolute atomic E-state index is 11.3. The fourth-order valence-corrected chi connectivity index (χ4v) is 1.62. The van der Waals surface area contributed by atoms with Gasteiger partial charge in [0.05, 0.1) is 18.8 Å². The van der Waals surface area contributed by atoms with Crippen LogP contribution in [-0.2, 0) is 19.1 Å². The summed E-state index contributed by atoms with van der Waals surface area (Å²) in [6.07, 6.45) is -0.635. The summed E-state index contributed by atoms with van der Waals surface area (Å²) >= 11 is 1.28. The number of nitrogens with one attached hydrogen (secondary N) is 1. The SMILES string of the molecule is COCCSCC(=O)N[C@@H](CC(=O)O)C(=O)O. The van der Waals surface area contributed by atoms with Crippen LogP contribution in [0.1, 0.15) is 6.42 Å². The third kappa shape index (κ3) is 8.52. The van der Waals surface area contributed by atoms with Crippen LogP contribution in [0.2, 0.25) is 0 Å². The third-order valence-electron chi connectivity index (χ3n) is 1.68. The van der Waals surface area contributed by atoms with E-state index in [-0.39, 0.29) is 5.75 Å². The molecular formula is C9H15NO6S. The maximum Gasteiger partial charge on any atom is 0.326 e. The predicted molar refractivity (Wildman–Crippen MR) is 61.0 cm³/mol. The van der Waals surface area contributed by atoms with Gasteiger partial charge in [-0.1, -0.05) is 0 Å². The number of thioether (sulfide) groups is 1. The summed E-state index contributed by atoms with van der Waals surface area (Å²) in [5.41, 5.74) is 0. The van der Waals surface area contributed by atoms with Crippen LogP contribution in [0.5, 0.6) is 0 Å². The minimum Gasteiger partial charge on any atom is -0.481 e. The van der Waals surface area contributed by atoms with E-state index in [1.54, 1.807) is 0 Å². The summed E-state index contributed by atoms with van der Waals surface area (Å²) in [7, 11) is 1.54. The number of amides is 1. The average Bonchev–Trinajstić information content (AvgIpc) is 2.22. The van der Waals surface area contributed by atoms with Gasteiger partial charge in [-0.15, -0.1) is 11.8 Å². The van der Waals surface area contributed by atoms with Gasteiger partial charge in [0.1, 0.15) is 6.04 Å². The van der Waals surface area contributed by atoms with Crippen LogP contribution in [-0.4, -0.2) is 59.3 Å². The Kier molecular flexibility index (Phi) is 8.16. The molecule has 0 aromatic rings. The van der Waals surface area contributed by atoms with E-state index in [0.29, 0.717) is 12.4 Å². The molecular weight excluding hydrogens is 250 g/mol. The Bertz CT molecular complexity index is 283. The van der Waals surface area contributed by atoms with Crippen molar-refractivity contribution in [1.29, 1.82) is 0 Å². The van der Waals surface area contributed by atoms with Gasteiger partial charge in [0.25, 0.3) is 0 Å². The monoisotopic (exact) mass is 265 g/mol. The molecule has 8 heteroatoms. The van der Waals surface area contributed by atoms with Crippen molar-refractivity contribution in [2.45, 2.75) is 12.5 Å². The number of carboxylic acid groups (broad SMARTS) is 2. The van der Waals surface area contributed by atoms with Crippen LogP contribution >= 0.6 is 11.8 Å². The first kappa shape index (κ1) is 15.7. The number of rotatable bonds is 9. The highest BCUT2D eigenvalue weighted by Gasteiger charge is 2.22. The molecule has 0 heterocycles. The summed E-state index contributed by atoms with van der Waals surface area (Å²) in [6.45, 7) is 0.495. The molecule has 0 aromatic carbocycles. The Balaban J connectivity index is 3.96. The molecule has 98 valence electrons. The van der Waals surface area contributed by atoms with E-state index >= 15 is 0 Å². The van der Waals surface area contributed by atoms with Crippen molar-refractivity contribution in [3.8, 4) is 0 Å². The van der Waals surface area contributed by atoms with Gasteiger partial charge in [0, 0.05) is 12.9 Å². The molecule has 0 bridgehead atoms. The minimum atomic E-state index is -1.39. The first-order valence-electron chi connectivity index (χ1n) is 4.78. The predicted octanol–water partition coefficient (Wildman–Crippen LogP) is -0.590. The Labute approximate surface area is 103 Å². The van der Waals surface area contributed by atoms with Gasteiger partial charge in [0.15, 0.2) is 0 Å². The van der Waals surface area contributed by atoms with Crippen molar-refractivity contribution in [2.24, 2.45) is 0 Å². The van der Waals surface area contributed by atoms with E-state index < -0.39 is 30.3 Å². The fraction of sp³-hybridized carbons (Fsp3) is 0.667. The zero-order chi connectivity index (χ0) is 13.3. The number of methoxy groups -OCH3 is 1. The van der Waals surface area contributed by atoms with Crippen LogP contribution in [0.4, 0.5) is 0 Å². The lowest BCUT2D eigenvalue weighted by atomic mass is 10.2. The standard InChI is InChI=1S/C9H15NO6S/c1-16-2-3-17-5-7(11)10-6(9(14)15)4-8(12)13/h6H,2-5H2,1H3,(H,10,11)(H,12,13)(H,14,15)/t6-/m0/s1. The molecule has 0 aliphatic rings. The summed E-state index contributed by atoms with van der Waals surface area (Å²) in [6, 6.07) is -1.39. The van der Waals surface area contributed by atoms with E-state index in [1.807, 2.05) is 0 Å². The lowest BCUT2D eigenvalue weighted by molar-refractivity contribution is -0.147. The molecule has 0 unspecified atom stereocenters. The van der Waals surface area contributed by atoms with Gasteiger partial charge in [0.2, 0.25) is 5.91 Å². The lowest BCUT2D eigenvalue weighted by Crippen LogP contribution is -2.43. The molecule has 0 rings (SSSR count). The lowest BCUT2D eigenvalue weighted by Gasteiger charge is -2.11. The van der Waals surface area contributed by atoms with Crippen molar-refractivity contribution in [3.63, 3.8) is 0 Å². The summed E-state index contributed by atoms with van der Waals surface area (Å²) in [5, 5.41) is 19.3. The number of carbonyl (C=O) groups excluding carboxylic acids is 1. The van der Waals surface area contributed by atoms with Crippen LogP contribution in [0.3, 0.4) is 0 Å². The Hall–Kier alpha value is -1.28. The first-order chi connectivity index (χ1) is 7.97. The number of carboxylic acids is 2. The summed E-state index contributed by atoms with van der Waals surface area (Å²) < 4.78 is 4.77. The molecule has 0 radical (unpaired) electrons. The molecule has 0 fully saturated rings. The van der Waals surface area contributed by atoms with Crippen molar-refractivity contribution >= 4 is 29.6 Å². The van der Waals surface area contributed by atoms with Crippen molar-refractivity contribution in [2.75, 3.05) is 25.2 Å². The molecule has 1 atom stereocenters. The summed E-state index contributed by atoms with van der Waals surface area (Å²) in [4.78, 5) is 32.3. The molecule has 0 spiro atoms. The Morgan fingerprint density at radius 3 is 2.47 bits per heavy atom. The molecule has 0 aliphatic carbocycles. The van der Waals surface area contributed by atoms with Gasteiger partial charge in [-0.05, 0) is 0 Å². The van der Waals surface area contributed by atoms with Gasteiger partial charge < -0.3 is 20.3 Å².